The maximum absolute atomic E-state index is 2.34. The molecule has 16 aromatic carbocycles. The number of aryl methyl sites for hydroxylation is 11. The van der Waals surface area contributed by atoms with Gasteiger partial charge in [-0.2, -0.15) is 0 Å². The zero-order valence-electron chi connectivity index (χ0n) is 66.9. The molecule has 0 fully saturated rings. The first-order valence-electron chi connectivity index (χ1n) is 38.8. The van der Waals surface area contributed by atoms with Gasteiger partial charge in [-0.3, -0.25) is 0 Å². The van der Waals surface area contributed by atoms with E-state index in [1.54, 1.807) is 0 Å². The summed E-state index contributed by atoms with van der Waals surface area (Å²) in [4.78, 5) is 0. The molecule has 0 aliphatic carbocycles. The molecule has 0 radical (unpaired) electrons. The third-order valence-corrected chi connectivity index (χ3v) is 20.3. The van der Waals surface area contributed by atoms with Crippen LogP contribution in [0.2, 0.25) is 0 Å². The molecule has 4 nitrogen and oxygen atoms in total. The lowest BCUT2D eigenvalue weighted by atomic mass is 10.0. The van der Waals surface area contributed by atoms with Crippen molar-refractivity contribution in [1.29, 1.82) is 0 Å². The van der Waals surface area contributed by atoms with Crippen LogP contribution in [0.15, 0.2) is 400 Å². The molecular weight excluding hydrogens is 1350 g/mol. The number of para-hydroxylation sites is 8. The molecule has 0 spiro atoms. The van der Waals surface area contributed by atoms with E-state index in [4.69, 9.17) is 0 Å². The normalized spacial score (nSPS) is 10.5. The molecule has 4 aromatic heterocycles. The van der Waals surface area contributed by atoms with Crippen molar-refractivity contribution in [1.82, 2.24) is 18.3 Å². The van der Waals surface area contributed by atoms with E-state index in [0.29, 0.717) is 0 Å². The van der Waals surface area contributed by atoms with Crippen LogP contribution in [0, 0.1) is 76.2 Å². The van der Waals surface area contributed by atoms with Gasteiger partial charge < -0.3 is 18.3 Å². The molecular formula is C108H102N4. The molecule has 0 unspecified atom stereocenters. The minimum atomic E-state index is 1.21. The topological polar surface area (TPSA) is 19.7 Å². The summed E-state index contributed by atoms with van der Waals surface area (Å²) in [6.07, 6.45) is 0. The summed E-state index contributed by atoms with van der Waals surface area (Å²) in [5.74, 6) is 0. The zero-order valence-corrected chi connectivity index (χ0v) is 66.9. The van der Waals surface area contributed by atoms with E-state index < -0.39 is 0 Å². The Hall–Kier alpha value is -13.3. The lowest BCUT2D eigenvalue weighted by molar-refractivity contribution is 1.01. The molecule has 0 N–H and O–H groups in total. The second-order valence-electron chi connectivity index (χ2n) is 28.8. The molecule has 0 aliphatic rings. The molecule has 112 heavy (non-hydrogen) atoms. The van der Waals surface area contributed by atoms with Crippen LogP contribution in [0.5, 0.6) is 0 Å². The summed E-state index contributed by atoms with van der Waals surface area (Å²) in [6, 6.07) is 140. The SMILES string of the molecule is Cc1cc(C)c(C)c(C)c1.Cc1ccc2c(c1)c1ccccc1n2-c1ccccc1.Cc1ccc2c3ccccc3n(-c3ccccc3)c2c1.Cc1cccc2c1c1ccccc1n2-c1ccccc1.Cc1ccccc1.Cc1ccccc1.Cc1ccccc1.Cc1ccccc1.Cn1c2ccccc2c2ccccc21. The summed E-state index contributed by atoms with van der Waals surface area (Å²) >= 11 is 0. The molecule has 0 bridgehead atoms. The molecule has 4 heteroatoms. The Morgan fingerprint density at radius 2 is 0.438 bits per heavy atom. The Balaban J connectivity index is 0.000000121. The van der Waals surface area contributed by atoms with Gasteiger partial charge in [0.15, 0.2) is 0 Å². The summed E-state index contributed by atoms with van der Waals surface area (Å²) in [7, 11) is 2.12. The predicted octanol–water partition coefficient (Wildman–Crippen LogP) is 29.5. The van der Waals surface area contributed by atoms with E-state index in [2.05, 4.69) is 429 Å². The van der Waals surface area contributed by atoms with Crippen LogP contribution in [0.1, 0.15) is 61.2 Å². The number of fused-ring (bicyclic) bond motifs is 12. The minimum absolute atomic E-state index is 1.21. The average Bonchev–Trinajstić information content (AvgIpc) is 1.60. The second kappa shape index (κ2) is 38.2. The summed E-state index contributed by atoms with van der Waals surface area (Å²) in [6.45, 7) is 23.4. The molecule has 0 saturated carbocycles. The maximum atomic E-state index is 2.34. The van der Waals surface area contributed by atoms with E-state index in [0.717, 1.165) is 0 Å². The standard InChI is InChI=1S/3C19H15N.C13H11N.C10H14.4C7H8/c1-14-8-7-13-18-19(14)16-11-5-6-12-17(16)20(18)15-9-3-2-4-10-15;1-14-11-12-19-17(13-14)16-9-5-6-10-18(16)20(19)15-7-3-2-4-8-15;1-14-11-12-17-16-9-5-6-10-18(16)20(19(17)13-14)15-7-3-2-4-8-15;1-14-12-8-4-2-6-10(12)11-7-3-5-9-13(11)14;1-7-5-8(2)10(4)9(3)6-7;4*1-7-5-3-2-4-6-7/h3*2-13H,1H3;2-9H,1H3;5-6H,1-4H3;4*2-6H,1H3. The first kappa shape index (κ1) is 78.3. The number of benzene rings is 16. The van der Waals surface area contributed by atoms with Gasteiger partial charge in [-0.1, -0.05) is 343 Å². The summed E-state index contributed by atoms with van der Waals surface area (Å²) in [5.41, 5.74) is 28.6. The monoisotopic (exact) mass is 1450 g/mol. The average molecular weight is 1460 g/mol. The Kier molecular flexibility index (Phi) is 26.7. The van der Waals surface area contributed by atoms with Crippen molar-refractivity contribution in [2.24, 2.45) is 7.05 Å². The lowest BCUT2D eigenvalue weighted by Gasteiger charge is -2.07. The molecule has 554 valence electrons. The minimum Gasteiger partial charge on any atom is -0.344 e. The number of aromatic nitrogens is 4. The molecule has 0 saturated heterocycles. The van der Waals surface area contributed by atoms with Crippen molar-refractivity contribution in [2.75, 3.05) is 0 Å². The third-order valence-electron chi connectivity index (χ3n) is 20.3. The highest BCUT2D eigenvalue weighted by molar-refractivity contribution is 6.12. The van der Waals surface area contributed by atoms with Crippen LogP contribution in [0.25, 0.3) is 104 Å². The van der Waals surface area contributed by atoms with Gasteiger partial charge in [0.1, 0.15) is 0 Å². The van der Waals surface area contributed by atoms with Crippen LogP contribution in [0.4, 0.5) is 0 Å². The van der Waals surface area contributed by atoms with Gasteiger partial charge >= 0.3 is 0 Å². The third kappa shape index (κ3) is 19.4. The van der Waals surface area contributed by atoms with Crippen LogP contribution < -0.4 is 0 Å². The molecule has 20 aromatic rings. The van der Waals surface area contributed by atoms with Crippen molar-refractivity contribution in [3.8, 4) is 17.1 Å². The summed E-state index contributed by atoms with van der Waals surface area (Å²) < 4.78 is 9.27. The Bertz CT molecular complexity index is 6070. The quantitative estimate of drug-likeness (QED) is 0.168. The molecule has 4 heterocycles. The van der Waals surface area contributed by atoms with Crippen molar-refractivity contribution >= 4 is 87.2 Å². The lowest BCUT2D eigenvalue weighted by Crippen LogP contribution is -1.92. The summed E-state index contributed by atoms with van der Waals surface area (Å²) in [5, 5.41) is 10.6. The van der Waals surface area contributed by atoms with Gasteiger partial charge in [0.2, 0.25) is 0 Å². The number of nitrogens with zero attached hydrogens (tertiary/aromatic N) is 4. The van der Waals surface area contributed by atoms with E-state index in [-0.39, 0.29) is 0 Å². The smallest absolute Gasteiger partial charge is 0.0543 e. The predicted molar refractivity (Wildman–Crippen MR) is 487 cm³/mol. The van der Waals surface area contributed by atoms with Crippen LogP contribution >= 0.6 is 0 Å². The van der Waals surface area contributed by atoms with Crippen LogP contribution in [-0.4, -0.2) is 18.3 Å². The number of hydrogen-bond donors (Lipinski definition) is 0. The van der Waals surface area contributed by atoms with Crippen LogP contribution in [-0.2, 0) is 7.05 Å². The van der Waals surface area contributed by atoms with E-state index in [1.165, 1.54) is 165 Å². The Morgan fingerprint density at radius 3 is 0.830 bits per heavy atom. The van der Waals surface area contributed by atoms with Gasteiger partial charge in [-0.25, -0.2) is 0 Å². The van der Waals surface area contributed by atoms with Gasteiger partial charge in [-0.15, -0.1) is 0 Å². The fourth-order valence-corrected chi connectivity index (χ4v) is 14.4. The van der Waals surface area contributed by atoms with E-state index in [1.807, 2.05) is 72.8 Å². The molecule has 0 amide bonds. The number of rotatable bonds is 3. The molecule has 0 atom stereocenters. The van der Waals surface area contributed by atoms with E-state index in [9.17, 15) is 0 Å². The van der Waals surface area contributed by atoms with Gasteiger partial charge in [0, 0.05) is 78.2 Å². The Labute approximate surface area is 663 Å². The van der Waals surface area contributed by atoms with Gasteiger partial charge in [-0.05, 0) is 195 Å². The highest BCUT2D eigenvalue weighted by Gasteiger charge is 2.15. The first-order valence-corrected chi connectivity index (χ1v) is 38.8. The van der Waals surface area contributed by atoms with Crippen molar-refractivity contribution in [3.63, 3.8) is 0 Å². The van der Waals surface area contributed by atoms with Crippen molar-refractivity contribution < 1.29 is 0 Å². The van der Waals surface area contributed by atoms with Crippen molar-refractivity contribution in [2.45, 2.75) is 76.2 Å². The molecule has 0 aliphatic heterocycles. The second-order valence-corrected chi connectivity index (χ2v) is 28.8. The first-order chi connectivity index (χ1) is 54.6. The fourth-order valence-electron chi connectivity index (χ4n) is 14.4. The highest BCUT2D eigenvalue weighted by Crippen LogP contribution is 2.36. The highest BCUT2D eigenvalue weighted by atomic mass is 15.0. The Morgan fingerprint density at radius 1 is 0.161 bits per heavy atom. The maximum Gasteiger partial charge on any atom is 0.0543 e. The molecule has 20 rings (SSSR count). The fraction of sp³-hybridized carbons (Fsp3) is 0.111. The van der Waals surface area contributed by atoms with Gasteiger partial charge in [0.05, 0.1) is 33.1 Å². The van der Waals surface area contributed by atoms with Crippen molar-refractivity contribution in [3.05, 3.63) is 462 Å². The largest absolute Gasteiger partial charge is 0.344 e. The zero-order chi connectivity index (χ0) is 78.3. The van der Waals surface area contributed by atoms with Crippen LogP contribution in [0.3, 0.4) is 0 Å². The van der Waals surface area contributed by atoms with Gasteiger partial charge in [0.25, 0.3) is 0 Å². The van der Waals surface area contributed by atoms with E-state index >= 15 is 0 Å². The number of hydrogen-bond acceptors (Lipinski definition) is 0.